The van der Waals surface area contributed by atoms with Gasteiger partial charge in [-0.3, -0.25) is 9.59 Å². The van der Waals surface area contributed by atoms with E-state index in [1.165, 1.54) is 0 Å². The number of fused-ring (bicyclic) bond motifs is 1. The lowest BCUT2D eigenvalue weighted by atomic mass is 9.89. The lowest BCUT2D eigenvalue weighted by Gasteiger charge is -2.20. The third-order valence-electron chi connectivity index (χ3n) is 5.77. The molecule has 0 bridgehead atoms. The first kappa shape index (κ1) is 20.7. The first-order valence-corrected chi connectivity index (χ1v) is 10.3. The van der Waals surface area contributed by atoms with E-state index in [2.05, 4.69) is 0 Å². The molecule has 0 aliphatic carbocycles. The summed E-state index contributed by atoms with van der Waals surface area (Å²) in [4.78, 5) is 27.8. The summed E-state index contributed by atoms with van der Waals surface area (Å²) >= 11 is 0. The molecule has 2 unspecified atom stereocenters. The van der Waals surface area contributed by atoms with Crippen molar-refractivity contribution in [3.8, 4) is 5.75 Å². The Balaban J connectivity index is 1.57. The average Bonchev–Trinajstić information content (AvgIpc) is 3.21. The molecule has 1 heterocycles. The summed E-state index contributed by atoms with van der Waals surface area (Å²) in [6, 6.07) is 24.4. The highest BCUT2D eigenvalue weighted by Crippen LogP contribution is 2.43. The van der Waals surface area contributed by atoms with Crippen LogP contribution < -0.4 is 9.64 Å². The van der Waals surface area contributed by atoms with E-state index in [1.54, 1.807) is 24.1 Å². The summed E-state index contributed by atoms with van der Waals surface area (Å²) in [5.41, 5.74) is 3.29. The number of benzene rings is 3. The second-order valence-electron chi connectivity index (χ2n) is 7.70. The van der Waals surface area contributed by atoms with E-state index in [0.29, 0.717) is 17.9 Å². The van der Waals surface area contributed by atoms with Crippen molar-refractivity contribution in [1.29, 1.82) is 0 Å². The molecule has 0 spiro atoms. The Hall–Kier alpha value is -3.60. The number of carbonyl (C=O) groups excluding carboxylic acids is 2. The highest BCUT2D eigenvalue weighted by atomic mass is 16.5. The van der Waals surface area contributed by atoms with Crippen LogP contribution in [0.3, 0.4) is 0 Å². The van der Waals surface area contributed by atoms with Crippen LogP contribution in [0, 0.1) is 5.92 Å². The van der Waals surface area contributed by atoms with Crippen LogP contribution in [0.2, 0.25) is 0 Å². The van der Waals surface area contributed by atoms with Gasteiger partial charge in [-0.25, -0.2) is 0 Å². The maximum Gasteiger partial charge on any atom is 0.309 e. The lowest BCUT2D eigenvalue weighted by Crippen LogP contribution is -2.32. The SMILES string of the molecule is COc1ccc2c(c1)C(C(C)C(=O)OCc1ccccc1)CN2C(=O)c1ccccc1. The lowest BCUT2D eigenvalue weighted by molar-refractivity contribution is -0.150. The first-order chi connectivity index (χ1) is 15.1. The van der Waals surface area contributed by atoms with Gasteiger partial charge in [-0.1, -0.05) is 55.5 Å². The van der Waals surface area contributed by atoms with Crippen LogP contribution in [0.5, 0.6) is 5.75 Å². The Morgan fingerprint density at radius 3 is 2.35 bits per heavy atom. The van der Waals surface area contributed by atoms with Crippen LogP contribution in [0.15, 0.2) is 78.9 Å². The Bertz CT molecular complexity index is 1070. The van der Waals surface area contributed by atoms with Gasteiger partial charge in [0.2, 0.25) is 0 Å². The molecule has 0 saturated carbocycles. The van der Waals surface area contributed by atoms with Gasteiger partial charge in [0.25, 0.3) is 5.91 Å². The van der Waals surface area contributed by atoms with Gasteiger partial charge in [0.1, 0.15) is 12.4 Å². The number of rotatable bonds is 6. The molecule has 1 amide bonds. The summed E-state index contributed by atoms with van der Waals surface area (Å²) in [7, 11) is 1.61. The molecule has 0 aromatic heterocycles. The highest BCUT2D eigenvalue weighted by molar-refractivity contribution is 6.07. The largest absolute Gasteiger partial charge is 0.497 e. The Kier molecular flexibility index (Phi) is 6.03. The van der Waals surface area contributed by atoms with Crippen LogP contribution in [-0.2, 0) is 16.1 Å². The Morgan fingerprint density at radius 1 is 1.00 bits per heavy atom. The highest BCUT2D eigenvalue weighted by Gasteiger charge is 2.39. The van der Waals surface area contributed by atoms with E-state index in [-0.39, 0.29) is 24.4 Å². The maximum atomic E-state index is 13.2. The molecule has 3 aromatic carbocycles. The zero-order valence-electron chi connectivity index (χ0n) is 17.7. The molecule has 0 radical (unpaired) electrons. The fraction of sp³-hybridized carbons (Fsp3) is 0.231. The van der Waals surface area contributed by atoms with E-state index in [9.17, 15) is 9.59 Å². The monoisotopic (exact) mass is 415 g/mol. The molecule has 2 atom stereocenters. The topological polar surface area (TPSA) is 55.8 Å². The van der Waals surface area contributed by atoms with Gasteiger partial charge in [0.15, 0.2) is 0 Å². The standard InChI is InChI=1S/C26H25NO4/c1-18(26(29)31-17-19-9-5-3-6-10-19)23-16-27(25(28)20-11-7-4-8-12-20)24-14-13-21(30-2)15-22(23)24/h3-15,18,23H,16-17H2,1-2H3. The number of amides is 1. The minimum atomic E-state index is -0.414. The predicted octanol–water partition coefficient (Wildman–Crippen LogP) is 4.82. The van der Waals surface area contributed by atoms with Crippen molar-refractivity contribution < 1.29 is 19.1 Å². The molecule has 5 heteroatoms. The van der Waals surface area contributed by atoms with E-state index in [0.717, 1.165) is 16.8 Å². The van der Waals surface area contributed by atoms with Crippen LogP contribution in [-0.4, -0.2) is 25.5 Å². The smallest absolute Gasteiger partial charge is 0.309 e. The van der Waals surface area contributed by atoms with Gasteiger partial charge in [-0.2, -0.15) is 0 Å². The summed E-state index contributed by atoms with van der Waals surface area (Å²) < 4.78 is 11.0. The molecule has 0 N–H and O–H groups in total. The van der Waals surface area contributed by atoms with E-state index < -0.39 is 5.92 Å². The van der Waals surface area contributed by atoms with E-state index >= 15 is 0 Å². The summed E-state index contributed by atoms with van der Waals surface area (Å²) in [5, 5.41) is 0. The summed E-state index contributed by atoms with van der Waals surface area (Å²) in [6.45, 7) is 2.50. The molecule has 1 aliphatic heterocycles. The number of anilines is 1. The molecule has 1 aliphatic rings. The fourth-order valence-corrected chi connectivity index (χ4v) is 3.98. The molecule has 0 fully saturated rings. The van der Waals surface area contributed by atoms with Crippen LogP contribution in [0.4, 0.5) is 5.69 Å². The number of methoxy groups -OCH3 is 1. The average molecular weight is 415 g/mol. The fourth-order valence-electron chi connectivity index (χ4n) is 3.98. The van der Waals surface area contributed by atoms with Crippen molar-refractivity contribution in [3.05, 3.63) is 95.6 Å². The summed E-state index contributed by atoms with van der Waals surface area (Å²) in [6.07, 6.45) is 0. The predicted molar refractivity (Wildman–Crippen MR) is 119 cm³/mol. The van der Waals surface area contributed by atoms with Crippen molar-refractivity contribution in [2.24, 2.45) is 5.92 Å². The molecule has 3 aromatic rings. The molecule has 31 heavy (non-hydrogen) atoms. The number of hydrogen-bond acceptors (Lipinski definition) is 4. The van der Waals surface area contributed by atoms with Crippen molar-refractivity contribution in [1.82, 2.24) is 0 Å². The number of esters is 1. The normalized spacial score (nSPS) is 15.8. The number of hydrogen-bond donors (Lipinski definition) is 0. The molecular weight excluding hydrogens is 390 g/mol. The van der Waals surface area contributed by atoms with E-state index in [4.69, 9.17) is 9.47 Å². The molecule has 0 saturated heterocycles. The zero-order valence-corrected chi connectivity index (χ0v) is 17.7. The minimum absolute atomic E-state index is 0.0839. The van der Waals surface area contributed by atoms with Crippen molar-refractivity contribution >= 4 is 17.6 Å². The molecule has 5 nitrogen and oxygen atoms in total. The van der Waals surface area contributed by atoms with Crippen LogP contribution in [0.1, 0.15) is 34.3 Å². The van der Waals surface area contributed by atoms with Gasteiger partial charge < -0.3 is 14.4 Å². The van der Waals surface area contributed by atoms with Gasteiger partial charge >= 0.3 is 5.97 Å². The van der Waals surface area contributed by atoms with E-state index in [1.807, 2.05) is 73.7 Å². The Labute approximate surface area is 182 Å². The van der Waals surface area contributed by atoms with Crippen LogP contribution in [0.25, 0.3) is 0 Å². The summed E-state index contributed by atoms with van der Waals surface area (Å²) in [5.74, 6) is -0.261. The first-order valence-electron chi connectivity index (χ1n) is 10.3. The van der Waals surface area contributed by atoms with Gasteiger partial charge in [-0.15, -0.1) is 0 Å². The second kappa shape index (κ2) is 9.04. The second-order valence-corrected chi connectivity index (χ2v) is 7.70. The number of nitrogens with zero attached hydrogens (tertiary/aromatic N) is 1. The minimum Gasteiger partial charge on any atom is -0.497 e. The third-order valence-corrected chi connectivity index (χ3v) is 5.77. The number of ether oxygens (including phenoxy) is 2. The van der Waals surface area contributed by atoms with Crippen molar-refractivity contribution in [3.63, 3.8) is 0 Å². The molecule has 4 rings (SSSR count). The van der Waals surface area contributed by atoms with Crippen LogP contribution >= 0.6 is 0 Å². The third kappa shape index (κ3) is 4.31. The van der Waals surface area contributed by atoms with Gasteiger partial charge in [-0.05, 0) is 41.5 Å². The zero-order chi connectivity index (χ0) is 21.8. The quantitative estimate of drug-likeness (QED) is 0.542. The van der Waals surface area contributed by atoms with Crippen molar-refractivity contribution in [2.75, 3.05) is 18.6 Å². The molecular formula is C26H25NO4. The number of carbonyl (C=O) groups is 2. The maximum absolute atomic E-state index is 13.2. The van der Waals surface area contributed by atoms with Gasteiger partial charge in [0, 0.05) is 23.7 Å². The Morgan fingerprint density at radius 2 is 1.68 bits per heavy atom. The van der Waals surface area contributed by atoms with Gasteiger partial charge in [0.05, 0.1) is 13.0 Å². The molecule has 158 valence electrons. The van der Waals surface area contributed by atoms with Crippen molar-refractivity contribution in [2.45, 2.75) is 19.4 Å².